The van der Waals surface area contributed by atoms with Crippen LogP contribution in [0.5, 0.6) is 5.75 Å². The molecule has 172 valence electrons. The molecule has 2 aliphatic rings. The molecular weight excluding hydrogens is 416 g/mol. The highest BCUT2D eigenvalue weighted by Crippen LogP contribution is 2.36. The minimum absolute atomic E-state index is 0.318. The van der Waals surface area contributed by atoms with Gasteiger partial charge in [0.1, 0.15) is 6.33 Å². The number of aromatic amines is 1. The summed E-state index contributed by atoms with van der Waals surface area (Å²) in [5.41, 5.74) is 7.33. The van der Waals surface area contributed by atoms with Crippen LogP contribution < -0.4 is 4.74 Å². The predicted octanol–water partition coefficient (Wildman–Crippen LogP) is 3.67. The second-order valence-electron chi connectivity index (χ2n) is 9.64. The Bertz CT molecular complexity index is 1300. The van der Waals surface area contributed by atoms with Crippen molar-refractivity contribution in [2.24, 2.45) is 5.92 Å². The number of fused-ring (bicyclic) bond motifs is 2. The molecule has 1 N–H and O–H groups in total. The zero-order valence-corrected chi connectivity index (χ0v) is 19.4. The molecule has 2 saturated heterocycles. The minimum atomic E-state index is 0.318. The van der Waals surface area contributed by atoms with Crippen LogP contribution in [0.3, 0.4) is 0 Å². The highest BCUT2D eigenvalue weighted by molar-refractivity contribution is 5.89. The van der Waals surface area contributed by atoms with Crippen molar-refractivity contribution in [1.29, 1.82) is 0 Å². The Hall–Kier alpha value is -2.97. The van der Waals surface area contributed by atoms with E-state index in [2.05, 4.69) is 45.9 Å². The Balaban J connectivity index is 1.28. The zero-order chi connectivity index (χ0) is 22.5. The van der Waals surface area contributed by atoms with Crippen molar-refractivity contribution >= 4 is 16.7 Å². The van der Waals surface area contributed by atoms with Crippen molar-refractivity contribution in [1.82, 2.24) is 29.5 Å². The molecule has 0 radical (unpaired) electrons. The molecule has 2 aliphatic heterocycles. The van der Waals surface area contributed by atoms with Crippen LogP contribution in [0.15, 0.2) is 30.7 Å². The summed E-state index contributed by atoms with van der Waals surface area (Å²) >= 11 is 0. The lowest BCUT2D eigenvalue weighted by Gasteiger charge is -2.47. The summed E-state index contributed by atoms with van der Waals surface area (Å²) in [4.78, 5) is 15.6. The molecule has 0 aromatic carbocycles. The lowest BCUT2D eigenvalue weighted by molar-refractivity contribution is -0.102. The smallest absolute Gasteiger partial charge is 0.197 e. The highest BCUT2D eigenvalue weighted by atomic mass is 16.5. The Kier molecular flexibility index (Phi) is 5.07. The van der Waals surface area contributed by atoms with Gasteiger partial charge in [-0.05, 0) is 42.9 Å². The van der Waals surface area contributed by atoms with Gasteiger partial charge in [-0.15, -0.1) is 0 Å². The lowest BCUT2D eigenvalue weighted by Crippen LogP contribution is -2.59. The van der Waals surface area contributed by atoms with Crippen LogP contribution in [0.2, 0.25) is 0 Å². The van der Waals surface area contributed by atoms with Crippen LogP contribution in [0.1, 0.15) is 37.4 Å². The first kappa shape index (κ1) is 20.6. The molecule has 0 amide bonds. The standard InChI is InChI=1S/C25H30N6O2/c1-15(2)22-23(17-8-21(32-3)25-26-14-27-31(25)11-17)29-20-7-6-18(28-24(20)22)5-4-16-9-30(10-16)19-12-33-13-19/h6-8,11,14-16,19,29H,4-5,9-10,12-13H2,1-3H3. The van der Waals surface area contributed by atoms with Crippen molar-refractivity contribution in [3.63, 3.8) is 0 Å². The topological polar surface area (TPSA) is 80.6 Å². The van der Waals surface area contributed by atoms with Crippen LogP contribution in [0, 0.1) is 5.92 Å². The molecule has 33 heavy (non-hydrogen) atoms. The molecular formula is C25H30N6O2. The summed E-state index contributed by atoms with van der Waals surface area (Å²) in [6, 6.07) is 7.04. The number of methoxy groups -OCH3 is 1. The van der Waals surface area contributed by atoms with E-state index in [0.29, 0.717) is 23.4 Å². The van der Waals surface area contributed by atoms with Crippen LogP contribution in [0.4, 0.5) is 0 Å². The van der Waals surface area contributed by atoms with Crippen LogP contribution in [-0.2, 0) is 11.2 Å². The van der Waals surface area contributed by atoms with Gasteiger partial charge >= 0.3 is 0 Å². The molecule has 4 aromatic heterocycles. The van der Waals surface area contributed by atoms with Crippen LogP contribution in [0.25, 0.3) is 27.9 Å². The summed E-state index contributed by atoms with van der Waals surface area (Å²) in [7, 11) is 1.66. The Morgan fingerprint density at radius 2 is 2.09 bits per heavy atom. The van der Waals surface area contributed by atoms with E-state index < -0.39 is 0 Å². The number of nitrogens with zero attached hydrogens (tertiary/aromatic N) is 5. The number of aromatic nitrogens is 5. The first-order valence-corrected chi connectivity index (χ1v) is 11.8. The molecule has 0 saturated carbocycles. The number of aryl methyl sites for hydroxylation is 1. The Morgan fingerprint density at radius 1 is 1.24 bits per heavy atom. The van der Waals surface area contributed by atoms with Crippen molar-refractivity contribution < 1.29 is 9.47 Å². The van der Waals surface area contributed by atoms with Gasteiger partial charge in [0, 0.05) is 36.1 Å². The highest BCUT2D eigenvalue weighted by Gasteiger charge is 2.35. The van der Waals surface area contributed by atoms with Crippen molar-refractivity contribution in [2.75, 3.05) is 33.4 Å². The van der Waals surface area contributed by atoms with Gasteiger partial charge in [0.05, 0.1) is 43.1 Å². The van der Waals surface area contributed by atoms with Crippen molar-refractivity contribution in [2.45, 2.75) is 38.6 Å². The first-order valence-electron chi connectivity index (χ1n) is 11.8. The molecule has 0 unspecified atom stereocenters. The van der Waals surface area contributed by atoms with E-state index >= 15 is 0 Å². The SMILES string of the molecule is COc1cc(-c2[nH]c3ccc(CCC4CN(C5COC5)C4)nc3c2C(C)C)cn2ncnc12. The normalized spacial score (nSPS) is 17.7. The molecule has 0 bridgehead atoms. The van der Waals surface area contributed by atoms with E-state index in [-0.39, 0.29) is 0 Å². The van der Waals surface area contributed by atoms with Gasteiger partial charge in [0.25, 0.3) is 0 Å². The fourth-order valence-corrected chi connectivity index (χ4v) is 5.11. The fourth-order valence-electron chi connectivity index (χ4n) is 5.11. The summed E-state index contributed by atoms with van der Waals surface area (Å²) < 4.78 is 12.7. The molecule has 0 spiro atoms. The third kappa shape index (κ3) is 3.57. The van der Waals surface area contributed by atoms with Crippen molar-refractivity contribution in [3.05, 3.63) is 42.0 Å². The molecule has 4 aromatic rings. The third-order valence-electron chi connectivity index (χ3n) is 7.10. The number of likely N-dealkylation sites (tertiary alicyclic amines) is 1. The Labute approximate surface area is 192 Å². The van der Waals surface area contributed by atoms with E-state index in [4.69, 9.17) is 14.5 Å². The van der Waals surface area contributed by atoms with E-state index in [1.165, 1.54) is 30.8 Å². The van der Waals surface area contributed by atoms with E-state index in [1.807, 2.05) is 12.3 Å². The second kappa shape index (κ2) is 8.11. The predicted molar refractivity (Wildman–Crippen MR) is 127 cm³/mol. The van der Waals surface area contributed by atoms with Gasteiger partial charge in [-0.3, -0.25) is 9.88 Å². The van der Waals surface area contributed by atoms with E-state index in [0.717, 1.165) is 47.8 Å². The quantitative estimate of drug-likeness (QED) is 0.467. The lowest BCUT2D eigenvalue weighted by atomic mass is 9.91. The number of nitrogens with one attached hydrogen (secondary N) is 1. The molecule has 8 heteroatoms. The number of hydrogen-bond acceptors (Lipinski definition) is 6. The van der Waals surface area contributed by atoms with Gasteiger partial charge in [-0.2, -0.15) is 5.10 Å². The van der Waals surface area contributed by atoms with Crippen LogP contribution in [-0.4, -0.2) is 68.9 Å². The van der Waals surface area contributed by atoms with Gasteiger partial charge in [0.15, 0.2) is 11.4 Å². The summed E-state index contributed by atoms with van der Waals surface area (Å²) in [5, 5.41) is 4.32. The maximum Gasteiger partial charge on any atom is 0.197 e. The maximum absolute atomic E-state index is 5.58. The minimum Gasteiger partial charge on any atom is -0.493 e. The Morgan fingerprint density at radius 3 is 2.82 bits per heavy atom. The van der Waals surface area contributed by atoms with Gasteiger partial charge < -0.3 is 14.5 Å². The molecule has 8 nitrogen and oxygen atoms in total. The number of hydrogen-bond donors (Lipinski definition) is 1. The zero-order valence-electron chi connectivity index (χ0n) is 19.4. The van der Waals surface area contributed by atoms with Crippen molar-refractivity contribution in [3.8, 4) is 17.0 Å². The van der Waals surface area contributed by atoms with E-state index in [1.54, 1.807) is 18.0 Å². The number of H-pyrrole nitrogens is 1. The molecule has 0 aliphatic carbocycles. The van der Waals surface area contributed by atoms with Crippen LogP contribution >= 0.6 is 0 Å². The second-order valence-corrected chi connectivity index (χ2v) is 9.64. The summed E-state index contributed by atoms with van der Waals surface area (Å²) in [6.45, 7) is 8.67. The number of rotatable bonds is 7. The first-order chi connectivity index (χ1) is 16.1. The summed E-state index contributed by atoms with van der Waals surface area (Å²) in [5.74, 6) is 1.80. The molecule has 6 rings (SSSR count). The van der Waals surface area contributed by atoms with Gasteiger partial charge in [0.2, 0.25) is 0 Å². The van der Waals surface area contributed by atoms with Gasteiger partial charge in [-0.1, -0.05) is 13.8 Å². The largest absolute Gasteiger partial charge is 0.493 e. The average Bonchev–Trinajstić information content (AvgIpc) is 3.37. The van der Waals surface area contributed by atoms with Gasteiger partial charge in [-0.25, -0.2) is 9.50 Å². The number of pyridine rings is 2. The van der Waals surface area contributed by atoms with E-state index in [9.17, 15) is 0 Å². The number of ether oxygens (including phenoxy) is 2. The monoisotopic (exact) mass is 446 g/mol. The average molecular weight is 447 g/mol. The molecule has 6 heterocycles. The fraction of sp³-hybridized carbons (Fsp3) is 0.480. The maximum atomic E-state index is 5.58. The third-order valence-corrected chi connectivity index (χ3v) is 7.10. The molecule has 0 atom stereocenters. The molecule has 2 fully saturated rings. The summed E-state index contributed by atoms with van der Waals surface area (Å²) in [6.07, 6.45) is 5.76.